The number of ether oxygens (including phenoxy) is 1. The van der Waals surface area contributed by atoms with Gasteiger partial charge < -0.3 is 10.1 Å². The molecule has 1 aromatic heterocycles. The molecule has 0 bridgehead atoms. The molecule has 3 rings (SSSR count). The molecule has 112 valence electrons. The molecule has 0 spiro atoms. The average molecular weight is 306 g/mol. The number of nitrogens with one attached hydrogen (secondary N) is 1. The van der Waals surface area contributed by atoms with E-state index in [9.17, 15) is 8.42 Å². The lowest BCUT2D eigenvalue weighted by Gasteiger charge is -2.13. The molecule has 1 saturated heterocycles. The number of pyridine rings is 1. The van der Waals surface area contributed by atoms with Crippen molar-refractivity contribution in [1.29, 1.82) is 0 Å². The largest absolute Gasteiger partial charge is 0.496 e. The normalized spacial score (nSPS) is 20.5. The van der Waals surface area contributed by atoms with Crippen LogP contribution < -0.4 is 10.1 Å². The first kappa shape index (κ1) is 14.1. The van der Waals surface area contributed by atoms with Crippen LogP contribution in [0.1, 0.15) is 6.42 Å². The van der Waals surface area contributed by atoms with Crippen LogP contribution in [0.5, 0.6) is 5.75 Å². The minimum absolute atomic E-state index is 0.165. The third kappa shape index (κ3) is 2.95. The lowest BCUT2D eigenvalue weighted by molar-refractivity contribution is 0.420. The van der Waals surface area contributed by atoms with E-state index in [1.165, 1.54) is 0 Å². The molecule has 1 N–H and O–H groups in total. The van der Waals surface area contributed by atoms with E-state index in [0.29, 0.717) is 12.3 Å². The van der Waals surface area contributed by atoms with E-state index in [2.05, 4.69) is 10.3 Å². The predicted molar refractivity (Wildman–Crippen MR) is 83.5 cm³/mol. The van der Waals surface area contributed by atoms with Crippen LogP contribution in [0, 0.1) is 5.92 Å². The Balaban J connectivity index is 1.81. The number of hydrogen-bond donors (Lipinski definition) is 1. The molecule has 5 nitrogen and oxygen atoms in total. The standard InChI is InChI=1S/C15H18N2O3S/c1-20-14-4-2-3-13-12(14)5-7-16-15(13)17-9-11-6-8-21(18,19)10-11/h2-5,7,11H,6,8-10H2,1H3,(H,16,17). The van der Waals surface area contributed by atoms with E-state index in [1.807, 2.05) is 24.3 Å². The summed E-state index contributed by atoms with van der Waals surface area (Å²) in [4.78, 5) is 4.36. The van der Waals surface area contributed by atoms with Crippen molar-refractivity contribution in [3.63, 3.8) is 0 Å². The Morgan fingerprint density at radius 1 is 1.33 bits per heavy atom. The minimum Gasteiger partial charge on any atom is -0.496 e. The van der Waals surface area contributed by atoms with Gasteiger partial charge in [0.15, 0.2) is 9.84 Å². The lowest BCUT2D eigenvalue weighted by Crippen LogP contribution is -2.16. The SMILES string of the molecule is COc1cccc2c(NCC3CCS(=O)(=O)C3)nccc12. The minimum atomic E-state index is -2.83. The predicted octanol–water partition coefficient (Wildman–Crippen LogP) is 2.09. The quantitative estimate of drug-likeness (QED) is 0.937. The van der Waals surface area contributed by atoms with Crippen LogP contribution >= 0.6 is 0 Å². The number of sulfone groups is 1. The molecule has 2 aromatic rings. The van der Waals surface area contributed by atoms with Crippen LogP contribution in [0.25, 0.3) is 10.8 Å². The summed E-state index contributed by atoms with van der Waals surface area (Å²) < 4.78 is 28.3. The Kier molecular flexibility index (Phi) is 3.71. The monoisotopic (exact) mass is 306 g/mol. The molecule has 1 aromatic carbocycles. The third-order valence-corrected chi connectivity index (χ3v) is 5.71. The van der Waals surface area contributed by atoms with Crippen molar-refractivity contribution in [3.05, 3.63) is 30.5 Å². The van der Waals surface area contributed by atoms with Gasteiger partial charge in [-0.3, -0.25) is 0 Å². The summed E-state index contributed by atoms with van der Waals surface area (Å²) in [5, 5.41) is 5.27. The van der Waals surface area contributed by atoms with E-state index < -0.39 is 9.84 Å². The van der Waals surface area contributed by atoms with E-state index in [4.69, 9.17) is 4.74 Å². The zero-order valence-electron chi connectivity index (χ0n) is 11.9. The summed E-state index contributed by atoms with van der Waals surface area (Å²) in [7, 11) is -1.19. The molecule has 0 aliphatic carbocycles. The van der Waals surface area contributed by atoms with E-state index >= 15 is 0 Å². The first-order valence-corrected chi connectivity index (χ1v) is 8.77. The molecule has 0 saturated carbocycles. The highest BCUT2D eigenvalue weighted by molar-refractivity contribution is 7.91. The first-order chi connectivity index (χ1) is 10.1. The zero-order valence-corrected chi connectivity index (χ0v) is 12.7. The van der Waals surface area contributed by atoms with Crippen LogP contribution in [0.2, 0.25) is 0 Å². The zero-order chi connectivity index (χ0) is 14.9. The maximum atomic E-state index is 11.5. The fraction of sp³-hybridized carbons (Fsp3) is 0.400. The van der Waals surface area contributed by atoms with Crippen molar-refractivity contribution in [3.8, 4) is 5.75 Å². The highest BCUT2D eigenvalue weighted by Gasteiger charge is 2.27. The van der Waals surface area contributed by atoms with Crippen LogP contribution in [0.15, 0.2) is 30.5 Å². The maximum Gasteiger partial charge on any atom is 0.150 e. The topological polar surface area (TPSA) is 68.3 Å². The van der Waals surface area contributed by atoms with E-state index in [0.717, 1.165) is 28.8 Å². The third-order valence-electron chi connectivity index (χ3n) is 3.87. The van der Waals surface area contributed by atoms with Crippen LogP contribution in [0.3, 0.4) is 0 Å². The average Bonchev–Trinajstić information content (AvgIpc) is 2.83. The van der Waals surface area contributed by atoms with Crippen molar-refractivity contribution >= 4 is 26.4 Å². The molecule has 1 aliphatic rings. The van der Waals surface area contributed by atoms with Crippen LogP contribution in [-0.2, 0) is 9.84 Å². The summed E-state index contributed by atoms with van der Waals surface area (Å²) in [6, 6.07) is 7.74. The molecular formula is C15H18N2O3S. The highest BCUT2D eigenvalue weighted by Crippen LogP contribution is 2.29. The number of methoxy groups -OCH3 is 1. The molecule has 0 radical (unpaired) electrons. The Morgan fingerprint density at radius 3 is 2.90 bits per heavy atom. The number of fused-ring (bicyclic) bond motifs is 1. The number of rotatable bonds is 4. The molecule has 21 heavy (non-hydrogen) atoms. The van der Waals surface area contributed by atoms with Gasteiger partial charge in [-0.05, 0) is 24.5 Å². The second kappa shape index (κ2) is 5.52. The molecular weight excluding hydrogens is 288 g/mol. The summed E-state index contributed by atoms with van der Waals surface area (Å²) in [5.41, 5.74) is 0. The molecule has 1 aliphatic heterocycles. The fourth-order valence-corrected chi connectivity index (χ4v) is 4.63. The van der Waals surface area contributed by atoms with Gasteiger partial charge in [-0.25, -0.2) is 13.4 Å². The van der Waals surface area contributed by atoms with Gasteiger partial charge in [-0.1, -0.05) is 12.1 Å². The highest BCUT2D eigenvalue weighted by atomic mass is 32.2. The van der Waals surface area contributed by atoms with Crippen molar-refractivity contribution in [2.24, 2.45) is 5.92 Å². The summed E-state index contributed by atoms with van der Waals surface area (Å²) in [5.74, 6) is 2.32. The number of anilines is 1. The summed E-state index contributed by atoms with van der Waals surface area (Å²) in [6.07, 6.45) is 2.46. The second-order valence-corrected chi connectivity index (χ2v) is 7.59. The first-order valence-electron chi connectivity index (χ1n) is 6.95. The van der Waals surface area contributed by atoms with Gasteiger partial charge in [-0.15, -0.1) is 0 Å². The van der Waals surface area contributed by atoms with Crippen molar-refractivity contribution in [2.75, 3.05) is 30.5 Å². The Morgan fingerprint density at radius 2 is 2.19 bits per heavy atom. The number of hydrogen-bond acceptors (Lipinski definition) is 5. The fourth-order valence-electron chi connectivity index (χ4n) is 2.77. The van der Waals surface area contributed by atoms with Crippen molar-refractivity contribution < 1.29 is 13.2 Å². The van der Waals surface area contributed by atoms with Crippen LogP contribution in [0.4, 0.5) is 5.82 Å². The molecule has 2 heterocycles. The van der Waals surface area contributed by atoms with Gasteiger partial charge in [0.1, 0.15) is 11.6 Å². The number of benzene rings is 1. The summed E-state index contributed by atoms with van der Waals surface area (Å²) in [6.45, 7) is 0.628. The summed E-state index contributed by atoms with van der Waals surface area (Å²) >= 11 is 0. The van der Waals surface area contributed by atoms with Crippen molar-refractivity contribution in [1.82, 2.24) is 4.98 Å². The molecule has 1 fully saturated rings. The van der Waals surface area contributed by atoms with Gasteiger partial charge in [0.2, 0.25) is 0 Å². The molecule has 6 heteroatoms. The van der Waals surface area contributed by atoms with Gasteiger partial charge >= 0.3 is 0 Å². The number of nitrogens with zero attached hydrogens (tertiary/aromatic N) is 1. The smallest absolute Gasteiger partial charge is 0.150 e. The molecule has 1 unspecified atom stereocenters. The second-order valence-electron chi connectivity index (χ2n) is 5.36. The Labute approximate surface area is 124 Å². The maximum absolute atomic E-state index is 11.5. The Hall–Kier alpha value is -1.82. The number of aromatic nitrogens is 1. The van der Waals surface area contributed by atoms with Gasteiger partial charge in [0.25, 0.3) is 0 Å². The molecule has 0 amide bonds. The lowest BCUT2D eigenvalue weighted by atomic mass is 10.1. The van der Waals surface area contributed by atoms with Crippen molar-refractivity contribution in [2.45, 2.75) is 6.42 Å². The molecule has 1 atom stereocenters. The Bertz CT molecular complexity index is 759. The van der Waals surface area contributed by atoms with E-state index in [1.54, 1.807) is 13.3 Å². The van der Waals surface area contributed by atoms with Gasteiger partial charge in [-0.2, -0.15) is 0 Å². The van der Waals surface area contributed by atoms with Gasteiger partial charge in [0, 0.05) is 23.5 Å². The van der Waals surface area contributed by atoms with E-state index in [-0.39, 0.29) is 11.7 Å². The van der Waals surface area contributed by atoms with Gasteiger partial charge in [0.05, 0.1) is 18.6 Å². The van der Waals surface area contributed by atoms with Crippen LogP contribution in [-0.4, -0.2) is 38.6 Å².